The quantitative estimate of drug-likeness (QED) is 0.664. The van der Waals surface area contributed by atoms with Crippen LogP contribution in [0.15, 0.2) is 30.6 Å². The minimum Gasteiger partial charge on any atom is -0.530 e. The van der Waals surface area contributed by atoms with E-state index >= 15 is 0 Å². The van der Waals surface area contributed by atoms with E-state index in [1.54, 1.807) is 6.92 Å². The van der Waals surface area contributed by atoms with E-state index in [9.17, 15) is 14.7 Å². The fourth-order valence-corrected chi connectivity index (χ4v) is 5.30. The predicted octanol–water partition coefficient (Wildman–Crippen LogP) is 3.12. The van der Waals surface area contributed by atoms with Crippen LogP contribution in [0.4, 0.5) is 16.4 Å². The average molecular weight is 452 g/mol. The van der Waals surface area contributed by atoms with Crippen LogP contribution < -0.4 is 14.5 Å². The number of carboxylic acid groups (broad SMARTS) is 1. The van der Waals surface area contributed by atoms with E-state index in [1.165, 1.54) is 11.3 Å². The molecule has 1 saturated heterocycles. The minimum absolute atomic E-state index is 0.0284. The third-order valence-electron chi connectivity index (χ3n) is 7.55. The van der Waals surface area contributed by atoms with Crippen LogP contribution in [0.25, 0.3) is 11.1 Å². The second-order valence-corrected chi connectivity index (χ2v) is 9.34. The first-order chi connectivity index (χ1) is 15.8. The third kappa shape index (κ3) is 4.08. The minimum atomic E-state index is -1.20. The number of nitrogens with zero attached hydrogens (tertiary/aromatic N) is 5. The highest BCUT2D eigenvalue weighted by atomic mass is 16.4. The summed E-state index contributed by atoms with van der Waals surface area (Å²) in [4.78, 5) is 37.4. The number of piperidine rings is 1. The first-order valence-corrected chi connectivity index (χ1v) is 11.8. The topological polar surface area (TPSA) is 89.5 Å². The van der Waals surface area contributed by atoms with Gasteiger partial charge < -0.3 is 19.7 Å². The fourth-order valence-electron chi connectivity index (χ4n) is 5.30. The summed E-state index contributed by atoms with van der Waals surface area (Å²) in [5, 5.41) is 11.9. The lowest BCUT2D eigenvalue weighted by atomic mass is 9.86. The number of benzene rings is 1. The SMILES string of the molecule is CCN(C(=O)[O-])C1C[C@H](C)[N@+](C)(C(C)=O)c2ccc(-c3cnc(N4CCCCC4)nc3)cc21. The van der Waals surface area contributed by atoms with Crippen molar-refractivity contribution < 1.29 is 14.7 Å². The molecular formula is C25H33N5O3. The number of rotatable bonds is 4. The van der Waals surface area contributed by atoms with Crippen molar-refractivity contribution in [1.82, 2.24) is 19.4 Å². The predicted molar refractivity (Wildman–Crippen MR) is 127 cm³/mol. The second-order valence-electron chi connectivity index (χ2n) is 9.34. The Morgan fingerprint density at radius 2 is 1.82 bits per heavy atom. The molecule has 0 radical (unpaired) electrons. The maximum Gasteiger partial charge on any atom is 0.315 e. The number of anilines is 1. The van der Waals surface area contributed by atoms with Crippen LogP contribution in [-0.4, -0.2) is 59.6 Å². The summed E-state index contributed by atoms with van der Waals surface area (Å²) < 4.78 is 0.140. The van der Waals surface area contributed by atoms with Crippen molar-refractivity contribution in [2.75, 3.05) is 31.6 Å². The second kappa shape index (κ2) is 9.09. The zero-order chi connectivity index (χ0) is 23.8. The number of amides is 2. The summed E-state index contributed by atoms with van der Waals surface area (Å²) in [6.07, 6.45) is 6.58. The van der Waals surface area contributed by atoms with Gasteiger partial charge in [0.1, 0.15) is 11.8 Å². The molecule has 1 unspecified atom stereocenters. The maximum absolute atomic E-state index is 12.7. The Morgan fingerprint density at radius 3 is 2.39 bits per heavy atom. The number of quaternary nitrogens is 1. The Balaban J connectivity index is 1.76. The summed E-state index contributed by atoms with van der Waals surface area (Å²) in [5.41, 5.74) is 3.45. The number of carbonyl (C=O) groups is 2. The van der Waals surface area contributed by atoms with Gasteiger partial charge in [-0.1, -0.05) is 0 Å². The van der Waals surface area contributed by atoms with Crippen molar-refractivity contribution in [3.63, 3.8) is 0 Å². The summed E-state index contributed by atoms with van der Waals surface area (Å²) in [6, 6.07) is 5.49. The Hall–Kier alpha value is -3.00. The molecule has 1 aromatic heterocycles. The lowest BCUT2D eigenvalue weighted by molar-refractivity contribution is -0.268. The Morgan fingerprint density at radius 1 is 1.15 bits per heavy atom. The largest absolute Gasteiger partial charge is 0.530 e. The van der Waals surface area contributed by atoms with Crippen molar-refractivity contribution in [2.24, 2.45) is 0 Å². The van der Waals surface area contributed by atoms with E-state index in [0.717, 1.165) is 54.3 Å². The van der Waals surface area contributed by atoms with Gasteiger partial charge in [-0.25, -0.2) is 19.2 Å². The average Bonchev–Trinajstić information content (AvgIpc) is 2.82. The van der Waals surface area contributed by atoms with Gasteiger partial charge in [0.2, 0.25) is 5.95 Å². The molecule has 3 atom stereocenters. The van der Waals surface area contributed by atoms with Crippen molar-refractivity contribution in [3.8, 4) is 11.1 Å². The molecule has 176 valence electrons. The third-order valence-corrected chi connectivity index (χ3v) is 7.55. The summed E-state index contributed by atoms with van der Waals surface area (Å²) >= 11 is 0. The van der Waals surface area contributed by atoms with Crippen molar-refractivity contribution in [1.29, 1.82) is 0 Å². The molecule has 3 heterocycles. The highest BCUT2D eigenvalue weighted by molar-refractivity contribution is 5.89. The molecule has 1 fully saturated rings. The molecule has 8 nitrogen and oxygen atoms in total. The molecule has 1 aromatic carbocycles. The van der Waals surface area contributed by atoms with Crippen LogP contribution in [0, 0.1) is 0 Å². The molecule has 2 aliphatic heterocycles. The van der Waals surface area contributed by atoms with Gasteiger partial charge in [0.15, 0.2) is 0 Å². The molecule has 4 rings (SSSR count). The van der Waals surface area contributed by atoms with E-state index in [0.29, 0.717) is 13.0 Å². The first-order valence-electron chi connectivity index (χ1n) is 11.8. The van der Waals surface area contributed by atoms with Crippen molar-refractivity contribution >= 4 is 23.6 Å². The van der Waals surface area contributed by atoms with E-state index in [2.05, 4.69) is 14.9 Å². The van der Waals surface area contributed by atoms with Crippen LogP contribution in [0.2, 0.25) is 0 Å². The van der Waals surface area contributed by atoms with Gasteiger partial charge in [-0.05, 0) is 50.8 Å². The van der Waals surface area contributed by atoms with E-state index in [1.807, 2.05) is 51.5 Å². The normalized spacial score (nSPS) is 24.8. The molecule has 0 aliphatic carbocycles. The molecule has 2 aromatic rings. The highest BCUT2D eigenvalue weighted by Crippen LogP contribution is 2.45. The molecule has 0 N–H and O–H groups in total. The van der Waals surface area contributed by atoms with Crippen molar-refractivity contribution in [3.05, 3.63) is 36.2 Å². The van der Waals surface area contributed by atoms with Crippen LogP contribution >= 0.6 is 0 Å². The summed E-state index contributed by atoms with van der Waals surface area (Å²) in [6.45, 7) is 7.69. The summed E-state index contributed by atoms with van der Waals surface area (Å²) in [7, 11) is 1.91. The Bertz CT molecular complexity index is 1030. The van der Waals surface area contributed by atoms with Crippen LogP contribution in [0.5, 0.6) is 0 Å². The zero-order valence-electron chi connectivity index (χ0n) is 20.0. The van der Waals surface area contributed by atoms with Crippen LogP contribution in [0.1, 0.15) is 58.1 Å². The van der Waals surface area contributed by atoms with Gasteiger partial charge in [-0.3, -0.25) is 0 Å². The summed E-state index contributed by atoms with van der Waals surface area (Å²) in [5.74, 6) is 0.777. The van der Waals surface area contributed by atoms with Crippen LogP contribution in [0.3, 0.4) is 0 Å². The number of aromatic nitrogens is 2. The molecule has 0 saturated carbocycles. The van der Waals surface area contributed by atoms with E-state index < -0.39 is 6.09 Å². The van der Waals surface area contributed by atoms with Gasteiger partial charge in [0, 0.05) is 55.6 Å². The molecule has 8 heteroatoms. The van der Waals surface area contributed by atoms with Gasteiger partial charge in [-0.2, -0.15) is 0 Å². The Labute approximate surface area is 195 Å². The van der Waals surface area contributed by atoms with Gasteiger partial charge in [0.25, 0.3) is 0 Å². The monoisotopic (exact) mass is 451 g/mol. The lowest BCUT2D eigenvalue weighted by Gasteiger charge is -2.47. The number of hydrogen-bond acceptors (Lipinski definition) is 6. The molecular weight excluding hydrogens is 418 g/mol. The number of carbonyl (C=O) groups excluding carboxylic acids is 2. The fraction of sp³-hybridized carbons (Fsp3) is 0.520. The molecule has 0 bridgehead atoms. The molecule has 0 spiro atoms. The van der Waals surface area contributed by atoms with E-state index in [-0.39, 0.29) is 22.5 Å². The van der Waals surface area contributed by atoms with E-state index in [4.69, 9.17) is 0 Å². The standard InChI is InChI=1S/C25H33N5O3/c1-5-29(25(32)33)22-13-17(2)30(4,18(3)31)23-10-9-19(14-21(22)23)20-15-26-24(27-16-20)28-11-7-6-8-12-28/h9-10,14-17,22H,5-8,11-13H2,1-4H3/t17-,22?,30+/m0/s1. The molecule has 2 amide bonds. The zero-order valence-corrected chi connectivity index (χ0v) is 20.0. The highest BCUT2D eigenvalue weighted by Gasteiger charge is 2.47. The molecule has 33 heavy (non-hydrogen) atoms. The smallest absolute Gasteiger partial charge is 0.315 e. The Kier molecular flexibility index (Phi) is 6.38. The number of fused-ring (bicyclic) bond motifs is 1. The molecule has 2 aliphatic rings. The van der Waals surface area contributed by atoms with Gasteiger partial charge >= 0.3 is 5.91 Å². The first kappa shape index (κ1) is 23.2. The van der Waals surface area contributed by atoms with Crippen LogP contribution in [-0.2, 0) is 4.79 Å². The lowest BCUT2D eigenvalue weighted by Crippen LogP contribution is -2.60. The van der Waals surface area contributed by atoms with Gasteiger partial charge in [0.05, 0.1) is 26.1 Å². The maximum atomic E-state index is 12.7. The van der Waals surface area contributed by atoms with Crippen molar-refractivity contribution in [2.45, 2.75) is 58.5 Å². The number of hydrogen-bond donors (Lipinski definition) is 0. The van der Waals surface area contributed by atoms with Gasteiger partial charge in [-0.15, -0.1) is 0 Å².